The summed E-state index contributed by atoms with van der Waals surface area (Å²) >= 11 is 0. The molecule has 0 aliphatic rings. The summed E-state index contributed by atoms with van der Waals surface area (Å²) in [5.41, 5.74) is 1.74. The van der Waals surface area contributed by atoms with E-state index in [9.17, 15) is 4.79 Å². The Morgan fingerprint density at radius 3 is 2.74 bits per heavy atom. The Kier molecular flexibility index (Phi) is 4.39. The SMILES string of the molecule is Cc1ccccc1C(=O)NC(C)CCc1ccco1. The largest absolute Gasteiger partial charge is 0.469 e. The third kappa shape index (κ3) is 3.71. The molecule has 0 spiro atoms. The van der Waals surface area contributed by atoms with E-state index in [0.717, 1.165) is 29.7 Å². The van der Waals surface area contributed by atoms with Crippen molar-refractivity contribution in [2.45, 2.75) is 32.7 Å². The highest BCUT2D eigenvalue weighted by Gasteiger charge is 2.11. The molecule has 1 aromatic carbocycles. The molecule has 2 rings (SSSR count). The minimum atomic E-state index is -0.00922. The smallest absolute Gasteiger partial charge is 0.251 e. The van der Waals surface area contributed by atoms with Gasteiger partial charge in [0.15, 0.2) is 0 Å². The summed E-state index contributed by atoms with van der Waals surface area (Å²) in [5.74, 6) is 0.946. The van der Waals surface area contributed by atoms with Gasteiger partial charge in [-0.2, -0.15) is 0 Å². The molecule has 1 heterocycles. The van der Waals surface area contributed by atoms with Gasteiger partial charge >= 0.3 is 0 Å². The van der Waals surface area contributed by atoms with Crippen molar-refractivity contribution >= 4 is 5.91 Å². The summed E-state index contributed by atoms with van der Waals surface area (Å²) in [7, 11) is 0. The maximum Gasteiger partial charge on any atom is 0.251 e. The van der Waals surface area contributed by atoms with Gasteiger partial charge in [-0.05, 0) is 44.0 Å². The van der Waals surface area contributed by atoms with Crippen molar-refractivity contribution in [1.82, 2.24) is 5.32 Å². The van der Waals surface area contributed by atoms with Crippen molar-refractivity contribution in [1.29, 1.82) is 0 Å². The standard InChI is InChI=1S/C16H19NO2/c1-12-6-3-4-8-15(12)16(18)17-13(2)9-10-14-7-5-11-19-14/h3-8,11,13H,9-10H2,1-2H3,(H,17,18). The molecule has 0 bridgehead atoms. The molecular weight excluding hydrogens is 238 g/mol. The van der Waals surface area contributed by atoms with Gasteiger partial charge in [0.25, 0.3) is 5.91 Å². The van der Waals surface area contributed by atoms with Crippen molar-refractivity contribution in [3.8, 4) is 0 Å². The molecule has 1 atom stereocenters. The van der Waals surface area contributed by atoms with Gasteiger partial charge in [0, 0.05) is 18.0 Å². The second-order valence-corrected chi connectivity index (χ2v) is 4.81. The molecule has 0 fully saturated rings. The third-order valence-corrected chi connectivity index (χ3v) is 3.17. The lowest BCUT2D eigenvalue weighted by atomic mass is 10.1. The molecule has 0 radical (unpaired) electrons. The molecule has 0 saturated carbocycles. The molecule has 0 aliphatic carbocycles. The number of rotatable bonds is 5. The molecule has 0 saturated heterocycles. The first-order valence-corrected chi connectivity index (χ1v) is 6.55. The van der Waals surface area contributed by atoms with Gasteiger partial charge in [0.1, 0.15) is 5.76 Å². The molecule has 1 unspecified atom stereocenters. The van der Waals surface area contributed by atoms with E-state index in [0.29, 0.717) is 0 Å². The van der Waals surface area contributed by atoms with Gasteiger partial charge in [-0.3, -0.25) is 4.79 Å². The van der Waals surface area contributed by atoms with Gasteiger partial charge in [-0.25, -0.2) is 0 Å². The molecule has 2 aromatic rings. The summed E-state index contributed by atoms with van der Waals surface area (Å²) in [6.45, 7) is 3.96. The first kappa shape index (κ1) is 13.4. The first-order chi connectivity index (χ1) is 9.16. The van der Waals surface area contributed by atoms with E-state index in [-0.39, 0.29) is 11.9 Å². The normalized spacial score (nSPS) is 12.1. The summed E-state index contributed by atoms with van der Waals surface area (Å²) in [5, 5.41) is 3.02. The molecule has 100 valence electrons. The number of furan rings is 1. The average molecular weight is 257 g/mol. The molecule has 1 aromatic heterocycles. The summed E-state index contributed by atoms with van der Waals surface area (Å²) < 4.78 is 5.28. The number of amides is 1. The van der Waals surface area contributed by atoms with Crippen LogP contribution in [-0.4, -0.2) is 11.9 Å². The second kappa shape index (κ2) is 6.23. The van der Waals surface area contributed by atoms with E-state index in [4.69, 9.17) is 4.42 Å². The Morgan fingerprint density at radius 2 is 2.05 bits per heavy atom. The third-order valence-electron chi connectivity index (χ3n) is 3.17. The van der Waals surface area contributed by atoms with Crippen LogP contribution >= 0.6 is 0 Å². The fourth-order valence-corrected chi connectivity index (χ4v) is 2.01. The van der Waals surface area contributed by atoms with Crippen LogP contribution in [0.4, 0.5) is 0 Å². The lowest BCUT2D eigenvalue weighted by Crippen LogP contribution is -2.33. The van der Waals surface area contributed by atoms with Crippen LogP contribution in [0.5, 0.6) is 0 Å². The zero-order valence-corrected chi connectivity index (χ0v) is 11.3. The first-order valence-electron chi connectivity index (χ1n) is 6.55. The van der Waals surface area contributed by atoms with E-state index in [1.54, 1.807) is 6.26 Å². The van der Waals surface area contributed by atoms with Gasteiger partial charge < -0.3 is 9.73 Å². The number of aryl methyl sites for hydroxylation is 2. The van der Waals surface area contributed by atoms with Gasteiger partial charge in [0.2, 0.25) is 0 Å². The van der Waals surface area contributed by atoms with Crippen LogP contribution in [0.1, 0.15) is 35.0 Å². The number of carbonyl (C=O) groups excluding carboxylic acids is 1. The zero-order valence-electron chi connectivity index (χ0n) is 11.3. The molecular formula is C16H19NO2. The van der Waals surface area contributed by atoms with E-state index in [1.807, 2.05) is 50.2 Å². The van der Waals surface area contributed by atoms with Crippen LogP contribution in [0.3, 0.4) is 0 Å². The lowest BCUT2D eigenvalue weighted by Gasteiger charge is -2.14. The Bertz CT molecular complexity index is 531. The predicted molar refractivity (Wildman–Crippen MR) is 75.1 cm³/mol. The number of hydrogen-bond acceptors (Lipinski definition) is 2. The quantitative estimate of drug-likeness (QED) is 0.892. The summed E-state index contributed by atoms with van der Waals surface area (Å²) in [6, 6.07) is 11.6. The Balaban J connectivity index is 1.87. The van der Waals surface area contributed by atoms with Gasteiger partial charge in [-0.15, -0.1) is 0 Å². The van der Waals surface area contributed by atoms with E-state index < -0.39 is 0 Å². The monoisotopic (exact) mass is 257 g/mol. The van der Waals surface area contributed by atoms with Crippen LogP contribution in [-0.2, 0) is 6.42 Å². The van der Waals surface area contributed by atoms with E-state index >= 15 is 0 Å². The van der Waals surface area contributed by atoms with Crippen molar-refractivity contribution < 1.29 is 9.21 Å². The minimum Gasteiger partial charge on any atom is -0.469 e. The van der Waals surface area contributed by atoms with Gasteiger partial charge in [-0.1, -0.05) is 18.2 Å². The van der Waals surface area contributed by atoms with Crippen LogP contribution in [0.25, 0.3) is 0 Å². The Hall–Kier alpha value is -2.03. The fraction of sp³-hybridized carbons (Fsp3) is 0.312. The second-order valence-electron chi connectivity index (χ2n) is 4.81. The zero-order chi connectivity index (χ0) is 13.7. The number of hydrogen-bond donors (Lipinski definition) is 1. The summed E-state index contributed by atoms with van der Waals surface area (Å²) in [4.78, 5) is 12.1. The highest BCUT2D eigenvalue weighted by Crippen LogP contribution is 2.09. The maximum absolute atomic E-state index is 12.1. The number of nitrogens with one attached hydrogen (secondary N) is 1. The summed E-state index contributed by atoms with van der Waals surface area (Å²) in [6.07, 6.45) is 3.37. The Labute approximate surface area is 113 Å². The van der Waals surface area contributed by atoms with Crippen LogP contribution in [0.15, 0.2) is 47.1 Å². The van der Waals surface area contributed by atoms with Crippen LogP contribution in [0, 0.1) is 6.92 Å². The molecule has 3 heteroatoms. The molecule has 19 heavy (non-hydrogen) atoms. The predicted octanol–water partition coefficient (Wildman–Crippen LogP) is 3.34. The maximum atomic E-state index is 12.1. The van der Waals surface area contributed by atoms with Gasteiger partial charge in [0.05, 0.1) is 6.26 Å². The van der Waals surface area contributed by atoms with Crippen molar-refractivity contribution in [3.63, 3.8) is 0 Å². The fourth-order valence-electron chi connectivity index (χ4n) is 2.01. The molecule has 1 N–H and O–H groups in total. The molecule has 3 nitrogen and oxygen atoms in total. The van der Waals surface area contributed by atoms with Crippen LogP contribution in [0.2, 0.25) is 0 Å². The average Bonchev–Trinajstić information content (AvgIpc) is 2.90. The van der Waals surface area contributed by atoms with Crippen LogP contribution < -0.4 is 5.32 Å². The highest BCUT2D eigenvalue weighted by atomic mass is 16.3. The van der Waals surface area contributed by atoms with E-state index in [2.05, 4.69) is 5.32 Å². The number of benzene rings is 1. The van der Waals surface area contributed by atoms with Crippen molar-refractivity contribution in [2.75, 3.05) is 0 Å². The van der Waals surface area contributed by atoms with Crippen molar-refractivity contribution in [3.05, 3.63) is 59.5 Å². The topological polar surface area (TPSA) is 42.2 Å². The lowest BCUT2D eigenvalue weighted by molar-refractivity contribution is 0.0937. The Morgan fingerprint density at radius 1 is 1.26 bits per heavy atom. The van der Waals surface area contributed by atoms with Crippen molar-refractivity contribution in [2.24, 2.45) is 0 Å². The minimum absolute atomic E-state index is 0.00922. The molecule has 1 amide bonds. The van der Waals surface area contributed by atoms with E-state index in [1.165, 1.54) is 0 Å². The highest BCUT2D eigenvalue weighted by molar-refractivity contribution is 5.95. The number of carbonyl (C=O) groups is 1. The molecule has 0 aliphatic heterocycles.